The van der Waals surface area contributed by atoms with Gasteiger partial charge in [-0.3, -0.25) is 4.79 Å². The van der Waals surface area contributed by atoms with Gasteiger partial charge < -0.3 is 10.8 Å². The summed E-state index contributed by atoms with van der Waals surface area (Å²) in [6, 6.07) is 0. The summed E-state index contributed by atoms with van der Waals surface area (Å²) in [5, 5.41) is 9.51. The first kappa shape index (κ1) is 27.8. The molecule has 0 radical (unpaired) electrons. The molecule has 0 heterocycles. The van der Waals surface area contributed by atoms with Crippen LogP contribution in [-0.4, -0.2) is 16.6 Å². The molecule has 0 aliphatic heterocycles. The van der Waals surface area contributed by atoms with Crippen LogP contribution in [0.4, 0.5) is 0 Å². The molecular weight excluding hydrogens is 478 g/mol. The molecule has 3 heteroatoms. The summed E-state index contributed by atoms with van der Waals surface area (Å²) in [5.74, 6) is 2.52. The number of nitrogens with two attached hydrogens (primary N) is 1. The van der Waals surface area contributed by atoms with Gasteiger partial charge in [0.1, 0.15) is 0 Å². The summed E-state index contributed by atoms with van der Waals surface area (Å²) < 4.78 is 0. The Labute approximate surface area is 238 Å². The van der Waals surface area contributed by atoms with Gasteiger partial charge in [0.05, 0.1) is 5.92 Å². The number of hydrogen-bond acceptors (Lipinski definition) is 2. The Hall–Kier alpha value is -1.35. The lowest BCUT2D eigenvalue weighted by Gasteiger charge is -2.72. The van der Waals surface area contributed by atoms with E-state index in [1.807, 2.05) is 0 Å². The van der Waals surface area contributed by atoms with Gasteiger partial charge in [-0.15, -0.1) is 0 Å². The van der Waals surface area contributed by atoms with E-state index in [1.165, 1.54) is 74.5 Å². The molecule has 0 amide bonds. The first-order valence-corrected chi connectivity index (χ1v) is 16.3. The highest BCUT2D eigenvalue weighted by atomic mass is 16.4. The van der Waals surface area contributed by atoms with Crippen molar-refractivity contribution >= 4 is 5.97 Å². The summed E-state index contributed by atoms with van der Waals surface area (Å²) in [7, 11) is 0. The van der Waals surface area contributed by atoms with Gasteiger partial charge in [-0.05, 0) is 146 Å². The summed E-state index contributed by atoms with van der Waals surface area (Å²) in [4.78, 5) is 11.6. The third-order valence-electron chi connectivity index (χ3n) is 14.8. The fraction of sp³-hybridized carbons (Fsp3) is 0.806. The summed E-state index contributed by atoms with van der Waals surface area (Å²) in [6.45, 7) is 19.8. The molecule has 10 atom stereocenters. The number of carboxylic acids is 1. The maximum Gasteiger partial charge on any atom is 0.306 e. The number of carboxylic acid groups (broad SMARTS) is 1. The molecule has 0 aromatic rings. The summed E-state index contributed by atoms with van der Waals surface area (Å²) >= 11 is 0. The zero-order valence-electron chi connectivity index (χ0n) is 25.7. The van der Waals surface area contributed by atoms with E-state index in [2.05, 4.69) is 60.3 Å². The Morgan fingerprint density at radius 3 is 2.31 bits per heavy atom. The Morgan fingerprint density at radius 2 is 1.67 bits per heavy atom. The van der Waals surface area contributed by atoms with Gasteiger partial charge in [0.15, 0.2) is 0 Å². The minimum atomic E-state index is -0.632. The van der Waals surface area contributed by atoms with Crippen LogP contribution in [-0.2, 0) is 4.79 Å². The molecule has 4 saturated carbocycles. The van der Waals surface area contributed by atoms with Crippen molar-refractivity contribution in [3.8, 4) is 0 Å². The number of allylic oxidation sites excluding steroid dienone is 5. The Bertz CT molecular complexity index is 1130. The van der Waals surface area contributed by atoms with E-state index >= 15 is 0 Å². The van der Waals surface area contributed by atoms with Crippen molar-refractivity contribution in [1.29, 1.82) is 0 Å². The highest BCUT2D eigenvalue weighted by molar-refractivity contribution is 5.70. The quantitative estimate of drug-likeness (QED) is 0.357. The highest BCUT2D eigenvalue weighted by Crippen LogP contribution is 2.76. The van der Waals surface area contributed by atoms with E-state index in [9.17, 15) is 9.90 Å². The van der Waals surface area contributed by atoms with E-state index in [-0.39, 0.29) is 16.9 Å². The maximum atomic E-state index is 11.6. The van der Waals surface area contributed by atoms with E-state index in [4.69, 9.17) is 5.73 Å². The fourth-order valence-electron chi connectivity index (χ4n) is 12.7. The zero-order valence-corrected chi connectivity index (χ0v) is 25.7. The molecular formula is C36H55NO2. The molecule has 3 nitrogen and oxygen atoms in total. The van der Waals surface area contributed by atoms with Gasteiger partial charge >= 0.3 is 5.97 Å². The predicted molar refractivity (Wildman–Crippen MR) is 160 cm³/mol. The van der Waals surface area contributed by atoms with Gasteiger partial charge in [0.2, 0.25) is 0 Å². The fourth-order valence-corrected chi connectivity index (χ4v) is 12.7. The Balaban J connectivity index is 1.33. The summed E-state index contributed by atoms with van der Waals surface area (Å²) in [6.07, 6.45) is 18.7. The second-order valence-corrected chi connectivity index (χ2v) is 16.5. The lowest BCUT2D eigenvalue weighted by molar-refractivity contribution is -0.219. The van der Waals surface area contributed by atoms with Gasteiger partial charge in [-0.25, -0.2) is 0 Å². The molecule has 39 heavy (non-hydrogen) atoms. The molecule has 0 aromatic heterocycles. The van der Waals surface area contributed by atoms with Crippen LogP contribution in [0.3, 0.4) is 0 Å². The highest BCUT2D eigenvalue weighted by Gasteiger charge is 2.70. The second-order valence-electron chi connectivity index (χ2n) is 16.5. The van der Waals surface area contributed by atoms with E-state index < -0.39 is 5.97 Å². The van der Waals surface area contributed by atoms with Crippen molar-refractivity contribution in [2.24, 2.45) is 62.9 Å². The van der Waals surface area contributed by atoms with Gasteiger partial charge in [0, 0.05) is 5.54 Å². The molecule has 6 aliphatic rings. The average Bonchev–Trinajstić information content (AvgIpc) is 3.22. The SMILES string of the molecule is C=C(C)[C@@H]1CC[C@]2(N)CC[C@]3(C)C(CC[C@@H]4[C@@]5(C)CC=C(C6=CCC(C(=O)O)CC6)C(C)(C)[C@@H]5CC[C@]43C)[C@@H]12. The monoisotopic (exact) mass is 533 g/mol. The predicted octanol–water partition coefficient (Wildman–Crippen LogP) is 8.70. The molecule has 2 unspecified atom stereocenters. The topological polar surface area (TPSA) is 63.3 Å². The molecule has 0 saturated heterocycles. The Morgan fingerprint density at radius 1 is 0.923 bits per heavy atom. The molecule has 6 aliphatic carbocycles. The minimum Gasteiger partial charge on any atom is -0.481 e. The molecule has 0 bridgehead atoms. The van der Waals surface area contributed by atoms with Crippen LogP contribution in [0, 0.1) is 57.2 Å². The zero-order chi connectivity index (χ0) is 28.2. The van der Waals surface area contributed by atoms with Crippen LogP contribution in [0.5, 0.6) is 0 Å². The van der Waals surface area contributed by atoms with Crippen molar-refractivity contribution < 1.29 is 9.90 Å². The van der Waals surface area contributed by atoms with Crippen LogP contribution in [0.25, 0.3) is 0 Å². The van der Waals surface area contributed by atoms with Crippen molar-refractivity contribution in [1.82, 2.24) is 0 Å². The number of hydrogen-bond donors (Lipinski definition) is 2. The number of fused-ring (bicyclic) bond motifs is 7. The lowest BCUT2D eigenvalue weighted by atomic mass is 9.33. The normalized spacial score (nSPS) is 50.4. The van der Waals surface area contributed by atoms with Crippen LogP contribution < -0.4 is 5.73 Å². The number of rotatable bonds is 3. The summed E-state index contributed by atoms with van der Waals surface area (Å²) in [5.41, 5.74) is 12.8. The van der Waals surface area contributed by atoms with Crippen molar-refractivity contribution in [3.63, 3.8) is 0 Å². The molecule has 3 N–H and O–H groups in total. The maximum absolute atomic E-state index is 11.6. The van der Waals surface area contributed by atoms with Crippen molar-refractivity contribution in [2.75, 3.05) is 0 Å². The van der Waals surface area contributed by atoms with Crippen LogP contribution in [0.15, 0.2) is 35.5 Å². The lowest BCUT2D eigenvalue weighted by Crippen LogP contribution is -2.67. The molecule has 216 valence electrons. The van der Waals surface area contributed by atoms with Crippen LogP contribution >= 0.6 is 0 Å². The van der Waals surface area contributed by atoms with E-state index in [0.29, 0.717) is 40.4 Å². The van der Waals surface area contributed by atoms with Crippen LogP contribution in [0.1, 0.15) is 119 Å². The standard InChI is InChI=1S/C36H55NO2/c1-22(2)25-14-19-36(37)21-20-34(6)27(30(25)36)12-13-29-33(5)17-15-26(23-8-10-24(11-9-23)31(38)39)32(3,4)28(33)16-18-35(29,34)7/h8,15,24-25,27-30H,1,9-14,16-21,37H2,2-7H3,(H,38,39)/t24?,25-,27?,28-,29+,30+,33-,34+,35+,36-/m0/s1. The van der Waals surface area contributed by atoms with Gasteiger partial charge in [-0.1, -0.05) is 58.9 Å². The second kappa shape index (κ2) is 8.83. The minimum absolute atomic E-state index is 0.0237. The van der Waals surface area contributed by atoms with Crippen molar-refractivity contribution in [2.45, 2.75) is 124 Å². The number of carbonyl (C=O) groups is 1. The molecule has 0 aromatic carbocycles. The first-order chi connectivity index (χ1) is 18.2. The molecule has 0 spiro atoms. The molecule has 4 fully saturated rings. The first-order valence-electron chi connectivity index (χ1n) is 16.3. The third-order valence-corrected chi connectivity index (χ3v) is 14.8. The average molecular weight is 534 g/mol. The van der Waals surface area contributed by atoms with Crippen molar-refractivity contribution in [3.05, 3.63) is 35.5 Å². The Kier molecular flexibility index (Phi) is 6.29. The van der Waals surface area contributed by atoms with Gasteiger partial charge in [-0.2, -0.15) is 0 Å². The van der Waals surface area contributed by atoms with E-state index in [0.717, 1.165) is 24.7 Å². The van der Waals surface area contributed by atoms with Gasteiger partial charge in [0.25, 0.3) is 0 Å². The largest absolute Gasteiger partial charge is 0.481 e. The van der Waals surface area contributed by atoms with E-state index in [1.54, 1.807) is 0 Å². The number of aliphatic carboxylic acids is 1. The van der Waals surface area contributed by atoms with Crippen LogP contribution in [0.2, 0.25) is 0 Å². The third kappa shape index (κ3) is 3.66. The molecule has 6 rings (SSSR count). The smallest absolute Gasteiger partial charge is 0.306 e.